The molecule has 6 nitrogen and oxygen atoms in total. The first-order chi connectivity index (χ1) is 12.9. The fraction of sp³-hybridized carbons (Fsp3) is 0.278. The molecular weight excluding hydrogens is 445 g/mol. The fourth-order valence-corrected chi connectivity index (χ4v) is 2.90. The number of methoxy groups -OCH3 is 3. The van der Waals surface area contributed by atoms with Crippen LogP contribution in [0.15, 0.2) is 24.3 Å². The third-order valence-corrected chi connectivity index (χ3v) is 4.54. The van der Waals surface area contributed by atoms with E-state index in [0.29, 0.717) is 0 Å². The minimum absolute atomic E-state index is 0.00552. The number of hydrogen-bond acceptors (Lipinski definition) is 5. The molecule has 0 aliphatic heterocycles. The van der Waals surface area contributed by atoms with Gasteiger partial charge >= 0.3 is 0 Å². The summed E-state index contributed by atoms with van der Waals surface area (Å²) in [5.74, 6) is -0.475. The molecule has 0 spiro atoms. The van der Waals surface area contributed by atoms with Crippen LogP contribution in [0.4, 0.5) is 10.1 Å². The van der Waals surface area contributed by atoms with E-state index in [4.69, 9.17) is 25.8 Å². The van der Waals surface area contributed by atoms with Crippen LogP contribution in [0.25, 0.3) is 0 Å². The lowest BCUT2D eigenvalue weighted by atomic mass is 9.97. The summed E-state index contributed by atoms with van der Waals surface area (Å²) in [4.78, 5) is 12.0. The van der Waals surface area contributed by atoms with Crippen LogP contribution in [0.5, 0.6) is 17.2 Å². The van der Waals surface area contributed by atoms with Gasteiger partial charge in [-0.3, -0.25) is 4.79 Å². The van der Waals surface area contributed by atoms with Crippen LogP contribution in [0, 0.1) is 5.82 Å². The van der Waals surface area contributed by atoms with Crippen molar-refractivity contribution in [2.24, 2.45) is 0 Å². The molecule has 0 aliphatic rings. The molecule has 9 heteroatoms. The first-order valence-electron chi connectivity index (χ1n) is 7.69. The predicted octanol–water partition coefficient (Wildman–Crippen LogP) is 3.92. The Morgan fingerprint density at radius 1 is 1.19 bits per heavy atom. The zero-order valence-corrected chi connectivity index (χ0v) is 17.1. The van der Waals surface area contributed by atoms with Gasteiger partial charge in [-0.25, -0.2) is 4.39 Å². The Bertz CT molecular complexity index is 849. The number of amides is 1. The quantitative estimate of drug-likeness (QED) is 0.610. The number of anilines is 1. The minimum Gasteiger partial charge on any atom is -0.493 e. The molecule has 1 amide bonds. The number of rotatable bonds is 7. The minimum atomic E-state index is -1.46. The number of ether oxygens (including phenoxy) is 3. The number of alkyl halides is 1. The van der Waals surface area contributed by atoms with Gasteiger partial charge < -0.3 is 24.6 Å². The maximum atomic E-state index is 14.3. The molecule has 0 bridgehead atoms. The van der Waals surface area contributed by atoms with Gasteiger partial charge in [0, 0.05) is 16.1 Å². The molecule has 0 saturated carbocycles. The van der Waals surface area contributed by atoms with Crippen LogP contribution in [-0.4, -0.2) is 37.7 Å². The highest BCUT2D eigenvalue weighted by molar-refractivity contribution is 9.09. The molecule has 0 radical (unpaired) electrons. The second kappa shape index (κ2) is 9.25. The Hall–Kier alpha value is -2.03. The molecule has 27 heavy (non-hydrogen) atoms. The van der Waals surface area contributed by atoms with Crippen LogP contribution in [-0.2, 0) is 4.79 Å². The molecule has 2 rings (SSSR count). The molecule has 1 atom stereocenters. The van der Waals surface area contributed by atoms with Crippen molar-refractivity contribution in [1.82, 2.24) is 0 Å². The Kier molecular flexibility index (Phi) is 7.29. The fourth-order valence-electron chi connectivity index (χ4n) is 2.58. The topological polar surface area (TPSA) is 77.0 Å². The second-order valence-corrected chi connectivity index (χ2v) is 6.36. The van der Waals surface area contributed by atoms with Gasteiger partial charge in [-0.1, -0.05) is 27.5 Å². The maximum absolute atomic E-state index is 14.3. The Morgan fingerprint density at radius 2 is 1.85 bits per heavy atom. The summed E-state index contributed by atoms with van der Waals surface area (Å²) < 4.78 is 30.2. The first kappa shape index (κ1) is 21.3. The van der Waals surface area contributed by atoms with E-state index >= 15 is 0 Å². The summed E-state index contributed by atoms with van der Waals surface area (Å²) >= 11 is 9.00. The van der Waals surface area contributed by atoms with Crippen molar-refractivity contribution in [3.8, 4) is 17.2 Å². The van der Waals surface area contributed by atoms with Crippen molar-refractivity contribution < 1.29 is 28.5 Å². The van der Waals surface area contributed by atoms with Crippen molar-refractivity contribution in [2.45, 2.75) is 6.10 Å². The zero-order valence-electron chi connectivity index (χ0n) is 14.8. The molecule has 146 valence electrons. The van der Waals surface area contributed by atoms with E-state index in [-0.39, 0.29) is 44.4 Å². The van der Waals surface area contributed by atoms with Gasteiger partial charge in [-0.05, 0) is 24.3 Å². The smallest absolute Gasteiger partial charge is 0.235 e. The number of carbonyl (C=O) groups is 1. The lowest BCUT2D eigenvalue weighted by Gasteiger charge is -2.23. The molecule has 2 aromatic carbocycles. The Balaban J connectivity index is 2.75. The second-order valence-electron chi connectivity index (χ2n) is 5.36. The van der Waals surface area contributed by atoms with Crippen LogP contribution >= 0.6 is 27.5 Å². The molecule has 0 aromatic heterocycles. The monoisotopic (exact) mass is 461 g/mol. The van der Waals surface area contributed by atoms with Crippen molar-refractivity contribution >= 4 is 39.1 Å². The van der Waals surface area contributed by atoms with Crippen LogP contribution in [0.1, 0.15) is 17.2 Å². The lowest BCUT2D eigenvalue weighted by molar-refractivity contribution is -0.113. The first-order valence-corrected chi connectivity index (χ1v) is 9.19. The molecule has 1 unspecified atom stereocenters. The summed E-state index contributed by atoms with van der Waals surface area (Å²) in [5.41, 5.74) is 0.220. The number of aliphatic hydroxyl groups is 1. The van der Waals surface area contributed by atoms with Gasteiger partial charge in [0.15, 0.2) is 11.5 Å². The van der Waals surface area contributed by atoms with Gasteiger partial charge in [-0.2, -0.15) is 0 Å². The number of halogens is 3. The van der Waals surface area contributed by atoms with E-state index in [0.717, 1.165) is 6.07 Å². The molecule has 2 aromatic rings. The summed E-state index contributed by atoms with van der Waals surface area (Å²) in [6, 6.07) is 5.27. The third-order valence-electron chi connectivity index (χ3n) is 3.79. The molecule has 0 heterocycles. The molecular formula is C18H18BrClFNO5. The van der Waals surface area contributed by atoms with Gasteiger partial charge in [0.25, 0.3) is 0 Å². The highest BCUT2D eigenvalue weighted by Crippen LogP contribution is 2.48. The Morgan fingerprint density at radius 3 is 2.41 bits per heavy atom. The largest absolute Gasteiger partial charge is 0.493 e. The lowest BCUT2D eigenvalue weighted by Crippen LogP contribution is -2.17. The highest BCUT2D eigenvalue weighted by Gasteiger charge is 2.27. The number of aliphatic hydroxyl groups excluding tert-OH is 1. The third kappa shape index (κ3) is 4.45. The predicted molar refractivity (Wildman–Crippen MR) is 104 cm³/mol. The van der Waals surface area contributed by atoms with Gasteiger partial charge in [0.1, 0.15) is 11.9 Å². The molecule has 2 N–H and O–H groups in total. The summed E-state index contributed by atoms with van der Waals surface area (Å²) in [6.07, 6.45) is -1.46. The number of hydrogen-bond donors (Lipinski definition) is 2. The average Bonchev–Trinajstić information content (AvgIpc) is 2.68. The normalized spacial score (nSPS) is 11.7. The van der Waals surface area contributed by atoms with E-state index in [1.165, 1.54) is 39.5 Å². The van der Waals surface area contributed by atoms with Crippen LogP contribution in [0.2, 0.25) is 5.02 Å². The highest BCUT2D eigenvalue weighted by atomic mass is 79.9. The molecule has 0 saturated heterocycles. The van der Waals surface area contributed by atoms with E-state index in [2.05, 4.69) is 21.2 Å². The van der Waals surface area contributed by atoms with Crippen molar-refractivity contribution in [1.29, 1.82) is 0 Å². The summed E-state index contributed by atoms with van der Waals surface area (Å²) in [6.45, 7) is 0. The Labute approximate surface area is 169 Å². The van der Waals surface area contributed by atoms with Gasteiger partial charge in [-0.15, -0.1) is 0 Å². The average molecular weight is 463 g/mol. The van der Waals surface area contributed by atoms with Crippen molar-refractivity contribution in [3.63, 3.8) is 0 Å². The van der Waals surface area contributed by atoms with E-state index < -0.39 is 17.8 Å². The van der Waals surface area contributed by atoms with Crippen LogP contribution in [0.3, 0.4) is 0 Å². The maximum Gasteiger partial charge on any atom is 0.235 e. The summed E-state index contributed by atoms with van der Waals surface area (Å²) in [5, 5.41) is 13.7. The number of nitrogens with one attached hydrogen (secondary N) is 1. The molecule has 0 fully saturated rings. The van der Waals surface area contributed by atoms with Gasteiger partial charge in [0.05, 0.1) is 32.3 Å². The standard InChI is InChI=1S/C18H18BrClFNO5/c1-25-13-7-11(16(24)10-6-9(20)4-5-12(10)21)15(22-14(23)8-19)18(27-3)17(13)26-2/h4-7,16,24H,8H2,1-3H3,(H,22,23). The number of carbonyl (C=O) groups excluding carboxylic acids is 1. The zero-order chi connectivity index (χ0) is 20.1. The SMILES string of the molecule is COc1cc(C(O)c2cc(Cl)ccc2F)c(NC(=O)CBr)c(OC)c1OC. The van der Waals surface area contributed by atoms with E-state index in [1.54, 1.807) is 0 Å². The molecule has 0 aliphatic carbocycles. The van der Waals surface area contributed by atoms with Crippen molar-refractivity contribution in [3.05, 3.63) is 46.2 Å². The van der Waals surface area contributed by atoms with E-state index in [9.17, 15) is 14.3 Å². The van der Waals surface area contributed by atoms with Crippen molar-refractivity contribution in [2.75, 3.05) is 32.0 Å². The number of benzene rings is 2. The van der Waals surface area contributed by atoms with Gasteiger partial charge in [0.2, 0.25) is 11.7 Å². The summed E-state index contributed by atoms with van der Waals surface area (Å²) in [7, 11) is 4.19. The van der Waals surface area contributed by atoms with Crippen LogP contribution < -0.4 is 19.5 Å². The van der Waals surface area contributed by atoms with E-state index in [1.807, 2.05) is 0 Å².